The van der Waals surface area contributed by atoms with Crippen LogP contribution < -0.4 is 5.32 Å². The zero-order valence-corrected chi connectivity index (χ0v) is 13.0. The number of nitrogens with one attached hydrogen (secondary N) is 1. The summed E-state index contributed by atoms with van der Waals surface area (Å²) in [6.45, 7) is 0. The van der Waals surface area contributed by atoms with E-state index in [-0.39, 0.29) is 6.07 Å². The minimum absolute atomic E-state index is 0.0846. The third-order valence-electron chi connectivity index (χ3n) is 2.82. The molecule has 0 aliphatic heterocycles. The van der Waals surface area contributed by atoms with Gasteiger partial charge in [0.25, 0.3) is 5.91 Å². The first-order valence-electron chi connectivity index (χ1n) is 5.89. The lowest BCUT2D eigenvalue weighted by Crippen LogP contribution is -2.17. The Morgan fingerprint density at radius 2 is 1.67 bits per heavy atom. The van der Waals surface area contributed by atoms with Gasteiger partial charge in [-0.05, 0) is 15.9 Å². The van der Waals surface area contributed by atoms with Gasteiger partial charge in [-0.15, -0.1) is 0 Å². The van der Waals surface area contributed by atoms with Crippen LogP contribution in [0.5, 0.6) is 0 Å². The molecule has 0 fully saturated rings. The molecule has 24 heavy (non-hydrogen) atoms. The Morgan fingerprint density at radius 3 is 2.08 bits per heavy atom. The molecule has 0 bridgehead atoms. The maximum Gasteiger partial charge on any atom is 0.434 e. The van der Waals surface area contributed by atoms with Crippen LogP contribution >= 0.6 is 15.9 Å². The third kappa shape index (κ3) is 3.09. The predicted molar refractivity (Wildman–Crippen MR) is 70.1 cm³/mol. The summed E-state index contributed by atoms with van der Waals surface area (Å²) in [4.78, 5) is 11.9. The highest BCUT2D eigenvalue weighted by Crippen LogP contribution is 2.36. The normalized spacial score (nSPS) is 11.7. The standard InChI is InChI=1S/C12H5BrF7N3O/c1-23-10(12(18,19)20)5(13)8(22-23)11(24)21-9-6(16)3(14)2-4(15)7(9)17/h2H,1H3,(H,21,24). The fourth-order valence-electron chi connectivity index (χ4n) is 1.81. The highest BCUT2D eigenvalue weighted by Gasteiger charge is 2.40. The summed E-state index contributed by atoms with van der Waals surface area (Å²) < 4.78 is 91.0. The highest BCUT2D eigenvalue weighted by atomic mass is 79.9. The van der Waals surface area contributed by atoms with Crippen molar-refractivity contribution in [1.82, 2.24) is 9.78 Å². The molecule has 2 aromatic rings. The van der Waals surface area contributed by atoms with Crippen LogP contribution in [-0.4, -0.2) is 15.7 Å². The average Bonchev–Trinajstić information content (AvgIpc) is 2.76. The monoisotopic (exact) mass is 419 g/mol. The number of carbonyl (C=O) groups is 1. The lowest BCUT2D eigenvalue weighted by Gasteiger charge is -2.08. The second-order valence-corrected chi connectivity index (χ2v) is 5.22. The zero-order valence-electron chi connectivity index (χ0n) is 11.4. The number of aromatic nitrogens is 2. The molecule has 4 nitrogen and oxygen atoms in total. The molecule has 0 saturated heterocycles. The van der Waals surface area contributed by atoms with Gasteiger partial charge in [0.1, 0.15) is 5.69 Å². The number of halogens is 8. The molecule has 0 atom stereocenters. The maximum absolute atomic E-state index is 13.5. The Kier molecular flexibility index (Phi) is 4.61. The van der Waals surface area contributed by atoms with E-state index in [2.05, 4.69) is 21.0 Å². The number of alkyl halides is 3. The number of nitrogens with zero attached hydrogens (tertiary/aromatic N) is 2. The average molecular weight is 420 g/mol. The van der Waals surface area contributed by atoms with Crippen LogP contribution in [0, 0.1) is 23.3 Å². The van der Waals surface area contributed by atoms with E-state index in [1.807, 2.05) is 0 Å². The second kappa shape index (κ2) is 6.07. The van der Waals surface area contributed by atoms with E-state index in [1.165, 1.54) is 5.32 Å². The minimum atomic E-state index is -4.87. The van der Waals surface area contributed by atoms with Crippen molar-refractivity contribution in [1.29, 1.82) is 0 Å². The molecule has 1 heterocycles. The highest BCUT2D eigenvalue weighted by molar-refractivity contribution is 9.10. The van der Waals surface area contributed by atoms with Gasteiger partial charge in [0.15, 0.2) is 34.7 Å². The van der Waals surface area contributed by atoms with Gasteiger partial charge in [0.2, 0.25) is 0 Å². The molecular formula is C12H5BrF7N3O. The summed E-state index contributed by atoms with van der Waals surface area (Å²) in [6.07, 6.45) is -4.87. The first-order chi connectivity index (χ1) is 10.9. The molecule has 1 aromatic heterocycles. The second-order valence-electron chi connectivity index (χ2n) is 4.43. The van der Waals surface area contributed by atoms with Gasteiger partial charge >= 0.3 is 6.18 Å². The van der Waals surface area contributed by atoms with Crippen LogP contribution in [0.15, 0.2) is 10.5 Å². The van der Waals surface area contributed by atoms with Gasteiger partial charge in [-0.3, -0.25) is 9.48 Å². The summed E-state index contributed by atoms with van der Waals surface area (Å²) in [5.74, 6) is -8.91. The summed E-state index contributed by atoms with van der Waals surface area (Å²) in [5.41, 5.74) is -3.70. The molecule has 0 saturated carbocycles. The number of hydrogen-bond donors (Lipinski definition) is 1. The van der Waals surface area contributed by atoms with E-state index < -0.39 is 56.9 Å². The number of aryl methyl sites for hydroxylation is 1. The zero-order chi connectivity index (χ0) is 18.4. The number of benzene rings is 1. The molecule has 12 heteroatoms. The van der Waals surface area contributed by atoms with Gasteiger partial charge in [-0.2, -0.15) is 18.3 Å². The molecule has 1 N–H and O–H groups in total. The first kappa shape index (κ1) is 18.2. The molecule has 0 radical (unpaired) electrons. The van der Waals surface area contributed by atoms with Crippen molar-refractivity contribution < 1.29 is 35.5 Å². The van der Waals surface area contributed by atoms with E-state index in [0.29, 0.717) is 4.68 Å². The van der Waals surface area contributed by atoms with Crippen molar-refractivity contribution in [2.45, 2.75) is 6.18 Å². The Balaban J connectivity index is 2.47. The lowest BCUT2D eigenvalue weighted by atomic mass is 10.2. The number of rotatable bonds is 2. The van der Waals surface area contributed by atoms with E-state index in [1.54, 1.807) is 0 Å². The van der Waals surface area contributed by atoms with Gasteiger partial charge in [-0.25, -0.2) is 17.6 Å². The predicted octanol–water partition coefficient (Wildman–Crippen LogP) is 4.01. The summed E-state index contributed by atoms with van der Waals surface area (Å²) in [5, 5.41) is 4.75. The smallest absolute Gasteiger partial charge is 0.315 e. The Morgan fingerprint density at radius 1 is 1.17 bits per heavy atom. The summed E-state index contributed by atoms with van der Waals surface area (Å²) in [7, 11) is 0.882. The van der Waals surface area contributed by atoms with Gasteiger partial charge in [0, 0.05) is 13.1 Å². The van der Waals surface area contributed by atoms with Gasteiger partial charge in [-0.1, -0.05) is 0 Å². The molecule has 0 spiro atoms. The molecule has 130 valence electrons. The Bertz CT molecular complexity index is 805. The van der Waals surface area contributed by atoms with Crippen molar-refractivity contribution in [3.8, 4) is 0 Å². The van der Waals surface area contributed by atoms with Crippen LogP contribution in [0.2, 0.25) is 0 Å². The third-order valence-corrected chi connectivity index (χ3v) is 3.57. The number of hydrogen-bond acceptors (Lipinski definition) is 2. The van der Waals surface area contributed by atoms with Gasteiger partial charge in [0.05, 0.1) is 4.47 Å². The number of amides is 1. The van der Waals surface area contributed by atoms with Crippen LogP contribution in [-0.2, 0) is 13.2 Å². The SMILES string of the molecule is Cn1nc(C(=O)Nc2c(F)c(F)cc(F)c2F)c(Br)c1C(F)(F)F. The quantitative estimate of drug-likeness (QED) is 0.590. The van der Waals surface area contributed by atoms with E-state index in [0.717, 1.165) is 7.05 Å². The fraction of sp³-hybridized carbons (Fsp3) is 0.167. The summed E-state index contributed by atoms with van der Waals surface area (Å²) in [6, 6.07) is -0.0846. The molecule has 2 rings (SSSR count). The largest absolute Gasteiger partial charge is 0.434 e. The van der Waals surface area contributed by atoms with Crippen LogP contribution in [0.4, 0.5) is 36.4 Å². The van der Waals surface area contributed by atoms with Crippen molar-refractivity contribution >= 4 is 27.5 Å². The van der Waals surface area contributed by atoms with Crippen molar-refractivity contribution in [3.05, 3.63) is 45.2 Å². The molecular weight excluding hydrogens is 415 g/mol. The molecule has 0 unspecified atom stereocenters. The van der Waals surface area contributed by atoms with E-state index in [4.69, 9.17) is 0 Å². The van der Waals surface area contributed by atoms with Crippen molar-refractivity contribution in [3.63, 3.8) is 0 Å². The van der Waals surface area contributed by atoms with Crippen molar-refractivity contribution in [2.75, 3.05) is 5.32 Å². The molecule has 1 amide bonds. The summed E-state index contributed by atoms with van der Waals surface area (Å²) >= 11 is 2.52. The Hall–Kier alpha value is -2.11. The number of anilines is 1. The van der Waals surface area contributed by atoms with Crippen LogP contribution in [0.3, 0.4) is 0 Å². The molecule has 0 aliphatic carbocycles. The maximum atomic E-state index is 13.5. The van der Waals surface area contributed by atoms with Crippen molar-refractivity contribution in [2.24, 2.45) is 7.05 Å². The van der Waals surface area contributed by atoms with Crippen LogP contribution in [0.25, 0.3) is 0 Å². The first-order valence-corrected chi connectivity index (χ1v) is 6.68. The lowest BCUT2D eigenvalue weighted by molar-refractivity contribution is -0.144. The minimum Gasteiger partial charge on any atom is -0.315 e. The number of carbonyl (C=O) groups excluding carboxylic acids is 1. The topological polar surface area (TPSA) is 46.9 Å². The van der Waals surface area contributed by atoms with Gasteiger partial charge < -0.3 is 5.32 Å². The molecule has 0 aliphatic rings. The van der Waals surface area contributed by atoms with E-state index >= 15 is 0 Å². The Labute approximate surface area is 137 Å². The van der Waals surface area contributed by atoms with Crippen LogP contribution in [0.1, 0.15) is 16.2 Å². The molecule has 1 aromatic carbocycles. The fourth-order valence-corrected chi connectivity index (χ4v) is 2.55. The van der Waals surface area contributed by atoms with E-state index in [9.17, 15) is 35.5 Å².